The fraction of sp³-hybridized carbons (Fsp3) is 0.743. The fourth-order valence-electron chi connectivity index (χ4n) is 4.59. The van der Waals surface area contributed by atoms with Gasteiger partial charge in [-0.3, -0.25) is 4.79 Å². The molecule has 0 fully saturated rings. The predicted octanol–water partition coefficient (Wildman–Crippen LogP) is 8.25. The van der Waals surface area contributed by atoms with Crippen molar-refractivity contribution in [3.63, 3.8) is 0 Å². The van der Waals surface area contributed by atoms with E-state index in [2.05, 4.69) is 37.4 Å². The molecule has 0 aromatic carbocycles. The van der Waals surface area contributed by atoms with Gasteiger partial charge >= 0.3 is 0 Å². The predicted molar refractivity (Wildman–Crippen MR) is 171 cm³/mol. The molecule has 5 nitrogen and oxygen atoms in total. The van der Waals surface area contributed by atoms with Gasteiger partial charge in [-0.15, -0.1) is 0 Å². The Morgan fingerprint density at radius 2 is 1.32 bits per heavy atom. The molecule has 40 heavy (non-hydrogen) atoms. The first-order valence-electron chi connectivity index (χ1n) is 16.5. The van der Waals surface area contributed by atoms with Crippen LogP contribution in [0.15, 0.2) is 48.6 Å². The number of aliphatic hydroxyl groups is 3. The number of nitrogens with one attached hydrogen (secondary N) is 1. The molecule has 1 amide bonds. The Balaban J connectivity index is 3.80. The Bertz CT molecular complexity index is 670. The molecule has 0 aliphatic heterocycles. The van der Waals surface area contributed by atoms with Crippen molar-refractivity contribution in [2.24, 2.45) is 0 Å². The molecule has 232 valence electrons. The molecule has 1 unspecified atom stereocenters. The second-order valence-electron chi connectivity index (χ2n) is 11.0. The van der Waals surface area contributed by atoms with Crippen LogP contribution in [0.25, 0.3) is 0 Å². The molecule has 0 bridgehead atoms. The third kappa shape index (κ3) is 26.5. The van der Waals surface area contributed by atoms with E-state index in [-0.39, 0.29) is 12.5 Å². The molecule has 5 heteroatoms. The second kappa shape index (κ2) is 30.3. The van der Waals surface area contributed by atoms with Crippen LogP contribution in [0.3, 0.4) is 0 Å². The molecular weight excluding hydrogens is 498 g/mol. The molecule has 0 aromatic heterocycles. The van der Waals surface area contributed by atoms with Gasteiger partial charge in [0.15, 0.2) is 0 Å². The molecule has 0 aliphatic carbocycles. The van der Waals surface area contributed by atoms with Crippen LogP contribution in [0.1, 0.15) is 142 Å². The van der Waals surface area contributed by atoms with Crippen molar-refractivity contribution < 1.29 is 20.1 Å². The average molecular weight is 562 g/mol. The van der Waals surface area contributed by atoms with Gasteiger partial charge in [0.2, 0.25) is 5.91 Å². The van der Waals surface area contributed by atoms with E-state index >= 15 is 0 Å². The van der Waals surface area contributed by atoms with Gasteiger partial charge in [0, 0.05) is 6.42 Å². The minimum atomic E-state index is -0.870. The molecule has 0 heterocycles. The zero-order valence-corrected chi connectivity index (χ0v) is 25.9. The molecule has 0 aromatic rings. The molecule has 3 atom stereocenters. The van der Waals surface area contributed by atoms with Crippen LogP contribution in [0, 0.1) is 0 Å². The van der Waals surface area contributed by atoms with E-state index in [0.717, 1.165) is 64.2 Å². The van der Waals surface area contributed by atoms with E-state index in [1.807, 2.05) is 24.3 Å². The number of hydrogen-bond donors (Lipinski definition) is 4. The number of amides is 1. The van der Waals surface area contributed by atoms with Crippen LogP contribution in [0.4, 0.5) is 0 Å². The third-order valence-electron chi connectivity index (χ3n) is 7.17. The number of carbonyl (C=O) groups excluding carboxylic acids is 1. The van der Waals surface area contributed by atoms with Gasteiger partial charge in [0.1, 0.15) is 0 Å². The number of unbranched alkanes of at least 4 members (excludes halogenated alkanes) is 14. The van der Waals surface area contributed by atoms with Gasteiger partial charge in [-0.25, -0.2) is 0 Å². The van der Waals surface area contributed by atoms with Crippen molar-refractivity contribution in [1.82, 2.24) is 5.32 Å². The standard InChI is InChI=1S/C35H63NO4/c1-3-5-7-9-11-12-13-14-15-17-21-25-29-34(39)33(31-37)36-35(40)30-26-22-18-20-24-28-32(38)27-23-19-16-10-8-6-4-2/h6,8,16,19,23,25,27,29,32-34,37-39H,3-5,7,9-15,17-18,20-22,24,26,28,30-31H2,1-2H3,(H,36,40)/b8-6+,19-16+,27-23+,29-25+/t32?,33-,34+/m0/s1. The number of aliphatic hydroxyl groups excluding tert-OH is 3. The van der Waals surface area contributed by atoms with E-state index in [9.17, 15) is 20.1 Å². The third-order valence-corrected chi connectivity index (χ3v) is 7.17. The maximum Gasteiger partial charge on any atom is 0.220 e. The van der Waals surface area contributed by atoms with Crippen molar-refractivity contribution in [3.8, 4) is 0 Å². The van der Waals surface area contributed by atoms with Gasteiger partial charge in [-0.2, -0.15) is 0 Å². The summed E-state index contributed by atoms with van der Waals surface area (Å²) in [5, 5.41) is 32.8. The lowest BCUT2D eigenvalue weighted by molar-refractivity contribution is -0.123. The summed E-state index contributed by atoms with van der Waals surface area (Å²) in [5.41, 5.74) is 0. The zero-order chi connectivity index (χ0) is 29.5. The summed E-state index contributed by atoms with van der Waals surface area (Å²) < 4.78 is 0. The lowest BCUT2D eigenvalue weighted by Crippen LogP contribution is -2.45. The molecule has 0 rings (SSSR count). The van der Waals surface area contributed by atoms with Gasteiger partial charge in [-0.1, -0.05) is 146 Å². The van der Waals surface area contributed by atoms with Crippen LogP contribution in [-0.4, -0.2) is 46.1 Å². The second-order valence-corrected chi connectivity index (χ2v) is 11.0. The van der Waals surface area contributed by atoms with E-state index in [1.54, 1.807) is 6.08 Å². The highest BCUT2D eigenvalue weighted by Crippen LogP contribution is 2.12. The van der Waals surface area contributed by atoms with Gasteiger partial charge in [0.05, 0.1) is 24.9 Å². The summed E-state index contributed by atoms with van der Waals surface area (Å²) in [6.45, 7) is 4.09. The lowest BCUT2D eigenvalue weighted by atomic mass is 10.0. The van der Waals surface area contributed by atoms with Crippen molar-refractivity contribution >= 4 is 5.91 Å². The smallest absolute Gasteiger partial charge is 0.220 e. The molecule has 0 saturated heterocycles. The normalized spacial score (nSPS) is 14.6. The number of rotatable bonds is 28. The maximum atomic E-state index is 12.3. The first kappa shape index (κ1) is 38.3. The van der Waals surface area contributed by atoms with E-state index in [0.29, 0.717) is 6.42 Å². The summed E-state index contributed by atoms with van der Waals surface area (Å²) in [7, 11) is 0. The Morgan fingerprint density at radius 1 is 0.700 bits per heavy atom. The summed E-state index contributed by atoms with van der Waals surface area (Å²) in [4.78, 5) is 12.3. The molecule has 0 spiro atoms. The quantitative estimate of drug-likeness (QED) is 0.0440. The van der Waals surface area contributed by atoms with Gasteiger partial charge in [0.25, 0.3) is 0 Å². The van der Waals surface area contributed by atoms with Crippen molar-refractivity contribution in [1.29, 1.82) is 0 Å². The van der Waals surface area contributed by atoms with Crippen LogP contribution >= 0.6 is 0 Å². The number of hydrogen-bond acceptors (Lipinski definition) is 4. The van der Waals surface area contributed by atoms with Crippen LogP contribution in [-0.2, 0) is 4.79 Å². The molecule has 0 saturated carbocycles. The highest BCUT2D eigenvalue weighted by molar-refractivity contribution is 5.76. The minimum absolute atomic E-state index is 0.125. The van der Waals surface area contributed by atoms with E-state index < -0.39 is 18.2 Å². The SMILES string of the molecule is CC/C=C/C/C=C/C=C/C(O)CCCCCCCC(=O)N[C@@H](CO)[C@H](O)/C=C/CCCCCCCCCCCC. The summed E-state index contributed by atoms with van der Waals surface area (Å²) in [6.07, 6.45) is 36.3. The van der Waals surface area contributed by atoms with E-state index in [1.165, 1.54) is 57.8 Å². The summed E-state index contributed by atoms with van der Waals surface area (Å²) in [6, 6.07) is -0.659. The Morgan fingerprint density at radius 3 is 1.98 bits per heavy atom. The van der Waals surface area contributed by atoms with Crippen molar-refractivity contribution in [2.45, 2.75) is 161 Å². The molecule has 4 N–H and O–H groups in total. The Labute approximate surface area is 246 Å². The maximum absolute atomic E-state index is 12.3. The molecular formula is C35H63NO4. The van der Waals surface area contributed by atoms with Gasteiger partial charge in [-0.05, 0) is 38.5 Å². The largest absolute Gasteiger partial charge is 0.394 e. The summed E-state index contributed by atoms with van der Waals surface area (Å²) >= 11 is 0. The first-order chi connectivity index (χ1) is 19.5. The molecule has 0 radical (unpaired) electrons. The lowest BCUT2D eigenvalue weighted by Gasteiger charge is -2.20. The van der Waals surface area contributed by atoms with Crippen molar-refractivity contribution in [3.05, 3.63) is 48.6 Å². The van der Waals surface area contributed by atoms with Crippen LogP contribution in [0.5, 0.6) is 0 Å². The topological polar surface area (TPSA) is 89.8 Å². The first-order valence-corrected chi connectivity index (χ1v) is 16.5. The molecule has 0 aliphatic rings. The number of allylic oxidation sites excluding steroid dienone is 6. The fourth-order valence-corrected chi connectivity index (χ4v) is 4.59. The average Bonchev–Trinajstić information content (AvgIpc) is 2.95. The van der Waals surface area contributed by atoms with Gasteiger partial charge < -0.3 is 20.6 Å². The van der Waals surface area contributed by atoms with Crippen LogP contribution < -0.4 is 5.32 Å². The zero-order valence-electron chi connectivity index (χ0n) is 25.9. The van der Waals surface area contributed by atoms with Crippen molar-refractivity contribution in [2.75, 3.05) is 6.61 Å². The van der Waals surface area contributed by atoms with Crippen LogP contribution in [0.2, 0.25) is 0 Å². The highest BCUT2D eigenvalue weighted by Gasteiger charge is 2.17. The summed E-state index contributed by atoms with van der Waals surface area (Å²) in [5.74, 6) is -0.125. The monoisotopic (exact) mass is 561 g/mol. The Kier molecular flexibility index (Phi) is 29.0. The minimum Gasteiger partial charge on any atom is -0.394 e. The highest BCUT2D eigenvalue weighted by atomic mass is 16.3. The van der Waals surface area contributed by atoms with E-state index in [4.69, 9.17) is 0 Å². The number of carbonyl (C=O) groups is 1. The Hall–Kier alpha value is -1.69.